The third-order valence-corrected chi connectivity index (χ3v) is 7.14. The lowest BCUT2D eigenvalue weighted by Crippen LogP contribution is -2.49. The third-order valence-electron chi connectivity index (χ3n) is 7.14. The lowest BCUT2D eigenvalue weighted by molar-refractivity contribution is -0.125. The van der Waals surface area contributed by atoms with Crippen molar-refractivity contribution in [3.8, 4) is 11.3 Å². The number of benzene rings is 1. The molecule has 3 aromatic rings. The Bertz CT molecular complexity index is 1210. The van der Waals surface area contributed by atoms with Gasteiger partial charge in [-0.15, -0.1) is 0 Å². The lowest BCUT2D eigenvalue weighted by atomic mass is 9.74. The number of imide groups is 1. The van der Waals surface area contributed by atoms with Crippen LogP contribution in [0.1, 0.15) is 73.9 Å². The third kappa shape index (κ3) is 3.38. The molecule has 0 bridgehead atoms. The van der Waals surface area contributed by atoms with Gasteiger partial charge in [-0.05, 0) is 86.8 Å². The largest absolute Gasteiger partial charge is 0.354 e. The fourth-order valence-corrected chi connectivity index (χ4v) is 5.61. The number of aryl methyl sites for hydroxylation is 2. The summed E-state index contributed by atoms with van der Waals surface area (Å²) in [7, 11) is 0. The van der Waals surface area contributed by atoms with E-state index in [0.29, 0.717) is 24.7 Å². The van der Waals surface area contributed by atoms with Gasteiger partial charge in [0.2, 0.25) is 0 Å². The van der Waals surface area contributed by atoms with E-state index >= 15 is 0 Å². The van der Waals surface area contributed by atoms with Gasteiger partial charge in [-0.1, -0.05) is 19.9 Å². The Balaban J connectivity index is 1.50. The average molecular weight is 431 g/mol. The van der Waals surface area contributed by atoms with E-state index in [1.54, 1.807) is 0 Å². The number of nitrogens with zero attached hydrogens (tertiary/aromatic N) is 1. The minimum absolute atomic E-state index is 0.170. The Morgan fingerprint density at radius 1 is 1.03 bits per heavy atom. The van der Waals surface area contributed by atoms with Gasteiger partial charge in [0.25, 0.3) is 5.91 Å². The summed E-state index contributed by atoms with van der Waals surface area (Å²) in [5, 5.41) is 6.54. The van der Waals surface area contributed by atoms with Crippen LogP contribution in [0.15, 0.2) is 30.3 Å². The number of amides is 3. The maximum Gasteiger partial charge on any atom is 0.322 e. The number of H-pyrrole nitrogens is 1. The van der Waals surface area contributed by atoms with Gasteiger partial charge in [-0.2, -0.15) is 0 Å². The van der Waals surface area contributed by atoms with Gasteiger partial charge in [0, 0.05) is 27.9 Å². The summed E-state index contributed by atoms with van der Waals surface area (Å²) in [4.78, 5) is 32.1. The van der Waals surface area contributed by atoms with E-state index in [4.69, 9.17) is 0 Å². The number of carbonyl (C=O) groups excluding carboxylic acids is 2. The molecule has 1 aliphatic heterocycles. The summed E-state index contributed by atoms with van der Waals surface area (Å²) >= 11 is 0. The second-order valence-corrected chi connectivity index (χ2v) is 9.78. The van der Waals surface area contributed by atoms with Crippen molar-refractivity contribution in [1.82, 2.24) is 20.6 Å². The molecule has 6 nitrogen and oxygen atoms in total. The monoisotopic (exact) mass is 430 g/mol. The molecule has 3 amide bonds. The number of aromatic amines is 1. The molecule has 1 spiro atoms. The van der Waals surface area contributed by atoms with Gasteiger partial charge in [0.05, 0.1) is 5.69 Å². The maximum atomic E-state index is 12.3. The predicted molar refractivity (Wildman–Crippen MR) is 126 cm³/mol. The Labute approximate surface area is 188 Å². The van der Waals surface area contributed by atoms with Crippen molar-refractivity contribution >= 4 is 22.8 Å². The minimum Gasteiger partial charge on any atom is -0.354 e. The van der Waals surface area contributed by atoms with Crippen LogP contribution in [0.2, 0.25) is 0 Å². The number of hydrogen-bond donors (Lipinski definition) is 3. The van der Waals surface area contributed by atoms with E-state index in [-0.39, 0.29) is 11.9 Å². The molecule has 32 heavy (non-hydrogen) atoms. The lowest BCUT2D eigenvalue weighted by Gasteiger charge is -2.34. The molecule has 1 saturated heterocycles. The van der Waals surface area contributed by atoms with Gasteiger partial charge in [0.1, 0.15) is 5.54 Å². The van der Waals surface area contributed by atoms with E-state index < -0.39 is 5.54 Å². The molecule has 0 atom stereocenters. The highest BCUT2D eigenvalue weighted by molar-refractivity contribution is 6.07. The predicted octanol–water partition coefficient (Wildman–Crippen LogP) is 5.21. The molecule has 0 unspecified atom stereocenters. The first-order valence-electron chi connectivity index (χ1n) is 11.5. The second-order valence-electron chi connectivity index (χ2n) is 9.78. The van der Waals surface area contributed by atoms with Crippen molar-refractivity contribution in [1.29, 1.82) is 0 Å². The highest BCUT2D eigenvalue weighted by Gasteiger charge is 2.48. The highest BCUT2D eigenvalue weighted by atomic mass is 16.2. The van der Waals surface area contributed by atoms with Crippen LogP contribution < -0.4 is 10.6 Å². The topological polar surface area (TPSA) is 86.9 Å². The molecule has 2 aromatic heterocycles. The number of aromatic nitrogens is 2. The molecule has 2 fully saturated rings. The number of rotatable bonds is 3. The Kier molecular flexibility index (Phi) is 4.84. The van der Waals surface area contributed by atoms with Gasteiger partial charge >= 0.3 is 6.03 Å². The van der Waals surface area contributed by atoms with Crippen molar-refractivity contribution in [3.63, 3.8) is 0 Å². The standard InChI is InChI=1S/C26H30N4O2/c1-14(2)22-20-13-18(17-7-9-26(10-8-17)24(31)29-25(32)30-26)5-6-21(20)28-23(22)19-11-15(3)27-16(4)12-19/h5-6,11-14,17,28H,7-10H2,1-4H3,(H2,29,30,31,32). The fraction of sp³-hybridized carbons (Fsp3) is 0.423. The van der Waals surface area contributed by atoms with Crippen LogP contribution in [0.3, 0.4) is 0 Å². The Morgan fingerprint density at radius 2 is 1.72 bits per heavy atom. The van der Waals surface area contributed by atoms with E-state index in [9.17, 15) is 9.59 Å². The summed E-state index contributed by atoms with van der Waals surface area (Å²) < 4.78 is 0. The van der Waals surface area contributed by atoms with Crippen LogP contribution in [0.5, 0.6) is 0 Å². The summed E-state index contributed by atoms with van der Waals surface area (Å²) in [6.07, 6.45) is 3.13. The van der Waals surface area contributed by atoms with Crippen LogP contribution in [0, 0.1) is 13.8 Å². The molecule has 2 aliphatic rings. The molecular formula is C26H30N4O2. The fourth-order valence-electron chi connectivity index (χ4n) is 5.61. The first kappa shape index (κ1) is 20.7. The Hall–Kier alpha value is -3.15. The van der Waals surface area contributed by atoms with E-state index in [1.807, 2.05) is 13.8 Å². The van der Waals surface area contributed by atoms with Gasteiger partial charge in [0.15, 0.2) is 0 Å². The first-order chi connectivity index (χ1) is 15.3. The van der Waals surface area contributed by atoms with Crippen LogP contribution in [-0.2, 0) is 4.79 Å². The van der Waals surface area contributed by atoms with E-state index in [0.717, 1.165) is 29.7 Å². The van der Waals surface area contributed by atoms with E-state index in [2.05, 4.69) is 64.8 Å². The van der Waals surface area contributed by atoms with Crippen molar-refractivity contribution in [2.24, 2.45) is 0 Å². The molecule has 0 radical (unpaired) electrons. The maximum absolute atomic E-state index is 12.3. The summed E-state index contributed by atoms with van der Waals surface area (Å²) in [6, 6.07) is 10.7. The van der Waals surface area contributed by atoms with Crippen LogP contribution in [0.4, 0.5) is 4.79 Å². The highest BCUT2D eigenvalue weighted by Crippen LogP contribution is 2.42. The van der Waals surface area contributed by atoms with Crippen LogP contribution in [-0.4, -0.2) is 27.4 Å². The number of carbonyl (C=O) groups is 2. The smallest absolute Gasteiger partial charge is 0.322 e. The zero-order chi connectivity index (χ0) is 22.6. The minimum atomic E-state index is -0.709. The van der Waals surface area contributed by atoms with Gasteiger partial charge < -0.3 is 10.3 Å². The quantitative estimate of drug-likeness (QED) is 0.499. The van der Waals surface area contributed by atoms with Gasteiger partial charge in [-0.25, -0.2) is 4.79 Å². The zero-order valence-corrected chi connectivity index (χ0v) is 19.1. The number of fused-ring (bicyclic) bond motifs is 1. The molecule has 1 aliphatic carbocycles. The van der Waals surface area contributed by atoms with Crippen molar-refractivity contribution in [2.75, 3.05) is 0 Å². The molecule has 166 valence electrons. The normalized spacial score (nSPS) is 23.2. The molecule has 5 rings (SSSR count). The first-order valence-corrected chi connectivity index (χ1v) is 11.5. The second kappa shape index (κ2) is 7.47. The number of nitrogens with one attached hydrogen (secondary N) is 3. The number of hydrogen-bond acceptors (Lipinski definition) is 3. The molecule has 1 saturated carbocycles. The van der Waals surface area contributed by atoms with E-state index in [1.165, 1.54) is 27.8 Å². The number of urea groups is 1. The molecule has 1 aromatic carbocycles. The van der Waals surface area contributed by atoms with Crippen molar-refractivity contribution in [2.45, 2.75) is 70.8 Å². The SMILES string of the molecule is Cc1cc(-c2[nH]c3ccc(C4CCC5(CC4)NC(=O)NC5=O)cc3c2C(C)C)cc(C)n1. The van der Waals surface area contributed by atoms with Crippen molar-refractivity contribution in [3.05, 3.63) is 52.8 Å². The summed E-state index contributed by atoms with van der Waals surface area (Å²) in [5.74, 6) is 0.589. The molecule has 6 heteroatoms. The number of pyridine rings is 1. The summed E-state index contributed by atoms with van der Waals surface area (Å²) in [5.41, 5.74) is 7.48. The van der Waals surface area contributed by atoms with Crippen molar-refractivity contribution < 1.29 is 9.59 Å². The Morgan fingerprint density at radius 3 is 2.31 bits per heavy atom. The summed E-state index contributed by atoms with van der Waals surface area (Å²) in [6.45, 7) is 8.56. The average Bonchev–Trinajstić information content (AvgIpc) is 3.24. The molecule has 3 N–H and O–H groups in total. The zero-order valence-electron chi connectivity index (χ0n) is 19.1. The molecular weight excluding hydrogens is 400 g/mol. The van der Waals surface area contributed by atoms with Crippen LogP contribution in [0.25, 0.3) is 22.2 Å². The molecule has 3 heterocycles. The van der Waals surface area contributed by atoms with Gasteiger partial charge in [-0.3, -0.25) is 15.1 Å². The van der Waals surface area contributed by atoms with Crippen LogP contribution >= 0.6 is 0 Å².